The van der Waals surface area contributed by atoms with Gasteiger partial charge < -0.3 is 14.8 Å². The van der Waals surface area contributed by atoms with Gasteiger partial charge >= 0.3 is 0 Å². The van der Waals surface area contributed by atoms with E-state index in [-0.39, 0.29) is 18.4 Å². The van der Waals surface area contributed by atoms with E-state index < -0.39 is 0 Å². The van der Waals surface area contributed by atoms with Crippen molar-refractivity contribution in [2.45, 2.75) is 0 Å². The summed E-state index contributed by atoms with van der Waals surface area (Å²) in [6.07, 6.45) is 1.80. The lowest BCUT2D eigenvalue weighted by molar-refractivity contribution is -0.116. The molecule has 1 heterocycles. The maximum atomic E-state index is 12.3. The van der Waals surface area contributed by atoms with Gasteiger partial charge in [0, 0.05) is 30.5 Å². The van der Waals surface area contributed by atoms with Crippen molar-refractivity contribution in [3.63, 3.8) is 0 Å². The molecule has 0 radical (unpaired) electrons. The summed E-state index contributed by atoms with van der Waals surface area (Å²) in [6.45, 7) is -0.00345. The van der Waals surface area contributed by atoms with Crippen molar-refractivity contribution in [1.82, 2.24) is 9.47 Å². The average molecular weight is 350 g/mol. The number of benzene rings is 1. The van der Waals surface area contributed by atoms with Crippen LogP contribution in [0, 0.1) is 0 Å². The van der Waals surface area contributed by atoms with Gasteiger partial charge in [-0.05, 0) is 34.1 Å². The third-order valence-corrected chi connectivity index (χ3v) is 3.41. The van der Waals surface area contributed by atoms with Gasteiger partial charge in [0.05, 0.1) is 6.54 Å². The van der Waals surface area contributed by atoms with Crippen molar-refractivity contribution in [2.24, 2.45) is 7.05 Å². The van der Waals surface area contributed by atoms with Gasteiger partial charge in [0.25, 0.3) is 5.91 Å². The number of nitrogens with one attached hydrogen (secondary N) is 1. The first kappa shape index (κ1) is 15.3. The van der Waals surface area contributed by atoms with Crippen molar-refractivity contribution < 1.29 is 9.59 Å². The smallest absolute Gasteiger partial charge is 0.270 e. The molecule has 5 nitrogen and oxygen atoms in total. The minimum atomic E-state index is -0.231. The summed E-state index contributed by atoms with van der Waals surface area (Å²) in [5, 5.41) is 2.75. The van der Waals surface area contributed by atoms with Gasteiger partial charge in [0.2, 0.25) is 5.91 Å². The van der Waals surface area contributed by atoms with E-state index in [9.17, 15) is 9.59 Å². The van der Waals surface area contributed by atoms with Crippen molar-refractivity contribution in [3.05, 3.63) is 52.8 Å². The van der Waals surface area contributed by atoms with Crippen LogP contribution in [0.3, 0.4) is 0 Å². The molecule has 1 aromatic carbocycles. The fourth-order valence-corrected chi connectivity index (χ4v) is 2.47. The number of carbonyl (C=O) groups is 2. The molecular weight excluding hydrogens is 334 g/mol. The zero-order chi connectivity index (χ0) is 15.4. The summed E-state index contributed by atoms with van der Waals surface area (Å²) < 4.78 is 2.55. The molecule has 0 atom stereocenters. The predicted octanol–water partition coefficient (Wildman–Crippen LogP) is 2.50. The summed E-state index contributed by atoms with van der Waals surface area (Å²) in [4.78, 5) is 25.6. The summed E-state index contributed by atoms with van der Waals surface area (Å²) >= 11 is 3.32. The van der Waals surface area contributed by atoms with Gasteiger partial charge in [0.1, 0.15) is 5.69 Å². The Morgan fingerprint density at radius 2 is 1.95 bits per heavy atom. The van der Waals surface area contributed by atoms with E-state index in [1.807, 2.05) is 18.2 Å². The average Bonchev–Trinajstić information content (AvgIpc) is 2.77. The molecule has 0 aliphatic rings. The molecule has 6 heteroatoms. The largest absolute Gasteiger partial charge is 0.345 e. The van der Waals surface area contributed by atoms with E-state index in [2.05, 4.69) is 21.2 Å². The fraction of sp³-hybridized carbons (Fsp3) is 0.200. The lowest BCUT2D eigenvalue weighted by Gasteiger charge is -2.17. The summed E-state index contributed by atoms with van der Waals surface area (Å²) in [6, 6.07) is 10.9. The van der Waals surface area contributed by atoms with Gasteiger partial charge in [-0.15, -0.1) is 0 Å². The number of halogens is 1. The summed E-state index contributed by atoms with van der Waals surface area (Å²) in [5.41, 5.74) is 1.24. The van der Waals surface area contributed by atoms with Crippen molar-refractivity contribution in [2.75, 3.05) is 18.9 Å². The van der Waals surface area contributed by atoms with Crippen LogP contribution < -0.4 is 5.32 Å². The standard InChI is InChI=1S/C15H16BrN3O2/c1-18-9-11(16)8-13(18)15(21)19(2)10-14(20)17-12-6-4-3-5-7-12/h3-9H,10H2,1-2H3,(H,17,20). The Morgan fingerprint density at radius 1 is 1.29 bits per heavy atom. The first-order valence-corrected chi connectivity index (χ1v) is 7.19. The molecule has 2 amide bonds. The first-order chi connectivity index (χ1) is 9.97. The molecule has 0 aliphatic heterocycles. The Labute approximate surface area is 131 Å². The Balaban J connectivity index is 1.97. The monoisotopic (exact) mass is 349 g/mol. The molecule has 0 bridgehead atoms. The number of anilines is 1. The second-order valence-corrected chi connectivity index (χ2v) is 5.65. The molecule has 0 fully saturated rings. The third kappa shape index (κ3) is 3.95. The van der Waals surface area contributed by atoms with Crippen LogP contribution >= 0.6 is 15.9 Å². The van der Waals surface area contributed by atoms with Gasteiger partial charge in [-0.25, -0.2) is 0 Å². The number of hydrogen-bond acceptors (Lipinski definition) is 2. The molecule has 1 aromatic heterocycles. The van der Waals surface area contributed by atoms with Gasteiger partial charge in [-0.3, -0.25) is 9.59 Å². The molecular formula is C15H16BrN3O2. The highest BCUT2D eigenvalue weighted by atomic mass is 79.9. The first-order valence-electron chi connectivity index (χ1n) is 6.39. The second kappa shape index (κ2) is 6.58. The van der Waals surface area contributed by atoms with Crippen molar-refractivity contribution in [3.8, 4) is 0 Å². The van der Waals surface area contributed by atoms with Crippen LogP contribution in [0.25, 0.3) is 0 Å². The number of carbonyl (C=O) groups excluding carboxylic acids is 2. The van der Waals surface area contributed by atoms with Gasteiger partial charge in [-0.2, -0.15) is 0 Å². The van der Waals surface area contributed by atoms with E-state index in [0.29, 0.717) is 11.4 Å². The quantitative estimate of drug-likeness (QED) is 0.921. The summed E-state index contributed by atoms with van der Waals surface area (Å²) in [5.74, 6) is -0.434. The summed E-state index contributed by atoms with van der Waals surface area (Å²) in [7, 11) is 3.39. The molecule has 1 N–H and O–H groups in total. The molecule has 0 saturated heterocycles. The highest BCUT2D eigenvalue weighted by Crippen LogP contribution is 2.15. The highest BCUT2D eigenvalue weighted by molar-refractivity contribution is 9.10. The minimum Gasteiger partial charge on any atom is -0.345 e. The molecule has 0 aliphatic carbocycles. The van der Waals surface area contributed by atoms with E-state index >= 15 is 0 Å². The molecule has 21 heavy (non-hydrogen) atoms. The lowest BCUT2D eigenvalue weighted by atomic mass is 10.3. The number of para-hydroxylation sites is 1. The fourth-order valence-electron chi connectivity index (χ4n) is 1.94. The molecule has 2 aromatic rings. The predicted molar refractivity (Wildman–Crippen MR) is 85.1 cm³/mol. The number of hydrogen-bond donors (Lipinski definition) is 1. The van der Waals surface area contributed by atoms with Gasteiger partial charge in [0.15, 0.2) is 0 Å². The van der Waals surface area contributed by atoms with E-state index in [4.69, 9.17) is 0 Å². The van der Waals surface area contributed by atoms with Crippen LogP contribution in [0.15, 0.2) is 47.1 Å². The lowest BCUT2D eigenvalue weighted by Crippen LogP contribution is -2.35. The minimum absolute atomic E-state index is 0.00345. The maximum Gasteiger partial charge on any atom is 0.270 e. The molecule has 2 rings (SSSR count). The number of aromatic nitrogens is 1. The molecule has 110 valence electrons. The number of nitrogens with zero attached hydrogens (tertiary/aromatic N) is 2. The number of rotatable bonds is 4. The van der Waals surface area contributed by atoms with Crippen LogP contribution in [0.4, 0.5) is 5.69 Å². The number of aryl methyl sites for hydroxylation is 1. The topological polar surface area (TPSA) is 54.3 Å². The zero-order valence-electron chi connectivity index (χ0n) is 11.8. The van der Waals surface area contributed by atoms with Crippen LogP contribution in [-0.2, 0) is 11.8 Å². The number of amides is 2. The Kier molecular flexibility index (Phi) is 4.80. The van der Waals surface area contributed by atoms with E-state index in [0.717, 1.165) is 4.47 Å². The molecule has 0 unspecified atom stereocenters. The molecule has 0 spiro atoms. The van der Waals surface area contributed by atoms with Crippen LogP contribution in [0.1, 0.15) is 10.5 Å². The van der Waals surface area contributed by atoms with Crippen molar-refractivity contribution >= 4 is 33.4 Å². The Morgan fingerprint density at radius 3 is 2.52 bits per heavy atom. The Bertz CT molecular complexity index is 652. The highest BCUT2D eigenvalue weighted by Gasteiger charge is 2.18. The second-order valence-electron chi connectivity index (χ2n) is 4.73. The van der Waals surface area contributed by atoms with Crippen LogP contribution in [-0.4, -0.2) is 34.9 Å². The third-order valence-electron chi connectivity index (χ3n) is 2.98. The number of likely N-dealkylation sites (N-methyl/N-ethyl adjacent to an activating group) is 1. The van der Waals surface area contributed by atoms with Crippen LogP contribution in [0.5, 0.6) is 0 Å². The van der Waals surface area contributed by atoms with Gasteiger partial charge in [-0.1, -0.05) is 18.2 Å². The van der Waals surface area contributed by atoms with E-state index in [1.54, 1.807) is 43.1 Å². The molecule has 0 saturated carbocycles. The van der Waals surface area contributed by atoms with Crippen molar-refractivity contribution in [1.29, 1.82) is 0 Å². The zero-order valence-corrected chi connectivity index (χ0v) is 13.4. The van der Waals surface area contributed by atoms with Crippen LogP contribution in [0.2, 0.25) is 0 Å². The maximum absolute atomic E-state index is 12.3. The Hall–Kier alpha value is -2.08. The SMILES string of the molecule is CN(CC(=O)Nc1ccccc1)C(=O)c1cc(Br)cn1C. The van der Waals surface area contributed by atoms with E-state index in [1.165, 1.54) is 4.90 Å². The normalized spacial score (nSPS) is 10.2.